The number of nitrogens with zero attached hydrogens (tertiary/aromatic N) is 1. The highest BCUT2D eigenvalue weighted by molar-refractivity contribution is 9.10. The maximum atomic E-state index is 12.1. The van der Waals surface area contributed by atoms with Crippen LogP contribution in [0.15, 0.2) is 63.7 Å². The Balaban J connectivity index is 1.76. The smallest absolute Gasteiger partial charge is 0.363 e. The number of carbonyl (C=O) groups excluding carboxylic acids is 1. The second kappa shape index (κ2) is 6.16. The van der Waals surface area contributed by atoms with E-state index in [1.807, 2.05) is 48.5 Å². The molecular weight excluding hydrogens is 410 g/mol. The van der Waals surface area contributed by atoms with Gasteiger partial charge in [-0.25, -0.2) is 9.79 Å². The Bertz CT molecular complexity index is 1040. The minimum absolute atomic E-state index is 0.257. The third-order valence-corrected chi connectivity index (χ3v) is 5.66. The van der Waals surface area contributed by atoms with Crippen LogP contribution < -0.4 is 0 Å². The van der Waals surface area contributed by atoms with Crippen LogP contribution in [0.1, 0.15) is 10.4 Å². The maximum Gasteiger partial charge on any atom is 0.363 e. The predicted octanol–water partition coefficient (Wildman–Crippen LogP) is 5.66. The summed E-state index contributed by atoms with van der Waals surface area (Å²) in [7, 11) is 0. The molecule has 0 atom stereocenters. The molecule has 0 fully saturated rings. The first-order valence-electron chi connectivity index (χ1n) is 7.07. The highest BCUT2D eigenvalue weighted by Gasteiger charge is 2.27. The van der Waals surface area contributed by atoms with Gasteiger partial charge in [-0.15, -0.1) is 11.3 Å². The van der Waals surface area contributed by atoms with Gasteiger partial charge in [-0.3, -0.25) is 0 Å². The SMILES string of the molecule is O=C1OC(c2sc3ccccc3c2Cl)=NC1=Cc1cccc(Br)c1. The van der Waals surface area contributed by atoms with Crippen molar-refractivity contribution in [2.24, 2.45) is 4.99 Å². The van der Waals surface area contributed by atoms with Crippen LogP contribution in [0.3, 0.4) is 0 Å². The molecule has 3 nitrogen and oxygen atoms in total. The van der Waals surface area contributed by atoms with Crippen LogP contribution in [0.2, 0.25) is 5.02 Å². The van der Waals surface area contributed by atoms with E-state index in [1.54, 1.807) is 6.08 Å². The molecule has 0 aliphatic carbocycles. The summed E-state index contributed by atoms with van der Waals surface area (Å²) in [6, 6.07) is 15.4. The number of esters is 1. The molecule has 1 aromatic heterocycles. The summed E-state index contributed by atoms with van der Waals surface area (Å²) in [4.78, 5) is 17.1. The summed E-state index contributed by atoms with van der Waals surface area (Å²) in [5.41, 5.74) is 1.13. The molecule has 24 heavy (non-hydrogen) atoms. The summed E-state index contributed by atoms with van der Waals surface area (Å²) in [6.45, 7) is 0. The number of carbonyl (C=O) groups is 1. The fraction of sp³-hybridized carbons (Fsp3) is 0. The van der Waals surface area contributed by atoms with E-state index in [2.05, 4.69) is 20.9 Å². The van der Waals surface area contributed by atoms with Crippen molar-refractivity contribution in [1.29, 1.82) is 0 Å². The maximum absolute atomic E-state index is 12.1. The van der Waals surface area contributed by atoms with Gasteiger partial charge in [-0.2, -0.15) is 0 Å². The molecule has 2 aromatic carbocycles. The van der Waals surface area contributed by atoms with Crippen LogP contribution in [0.5, 0.6) is 0 Å². The Labute approximate surface area is 155 Å². The van der Waals surface area contributed by atoms with Gasteiger partial charge in [-0.1, -0.05) is 57.9 Å². The van der Waals surface area contributed by atoms with E-state index in [0.717, 1.165) is 20.1 Å². The quantitative estimate of drug-likeness (QED) is 0.398. The molecule has 0 amide bonds. The largest absolute Gasteiger partial charge is 0.401 e. The second-order valence-electron chi connectivity index (χ2n) is 5.13. The Kier molecular flexibility index (Phi) is 4.00. The molecule has 0 unspecified atom stereocenters. The molecule has 0 N–H and O–H groups in total. The topological polar surface area (TPSA) is 38.7 Å². The molecule has 0 radical (unpaired) electrons. The van der Waals surface area contributed by atoms with E-state index in [-0.39, 0.29) is 11.6 Å². The number of halogens is 2. The molecule has 118 valence electrons. The lowest BCUT2D eigenvalue weighted by atomic mass is 10.2. The summed E-state index contributed by atoms with van der Waals surface area (Å²) in [5.74, 6) is -0.217. The standard InChI is InChI=1S/C18H9BrClNO2S/c19-11-5-3-4-10(8-11)9-13-18(22)23-17(21-13)16-15(20)12-6-1-2-7-14(12)24-16/h1-9H. The molecule has 3 aromatic rings. The molecule has 4 rings (SSSR count). The fourth-order valence-electron chi connectivity index (χ4n) is 2.41. The van der Waals surface area contributed by atoms with Crippen LogP contribution in [0.4, 0.5) is 0 Å². The Hall–Kier alpha value is -1.95. The molecule has 1 aliphatic heterocycles. The van der Waals surface area contributed by atoms with Crippen molar-refractivity contribution in [3.63, 3.8) is 0 Å². The first kappa shape index (κ1) is 15.6. The normalized spacial score (nSPS) is 15.8. The van der Waals surface area contributed by atoms with Crippen LogP contribution in [-0.2, 0) is 9.53 Å². The van der Waals surface area contributed by atoms with E-state index in [1.165, 1.54) is 11.3 Å². The van der Waals surface area contributed by atoms with Crippen LogP contribution in [0, 0.1) is 0 Å². The van der Waals surface area contributed by atoms with Gasteiger partial charge in [0.15, 0.2) is 5.70 Å². The van der Waals surface area contributed by atoms with Gasteiger partial charge < -0.3 is 4.74 Å². The zero-order chi connectivity index (χ0) is 16.7. The van der Waals surface area contributed by atoms with Gasteiger partial charge in [0, 0.05) is 14.6 Å². The Morgan fingerprint density at radius 3 is 2.79 bits per heavy atom. The number of hydrogen-bond acceptors (Lipinski definition) is 4. The fourth-order valence-corrected chi connectivity index (χ4v) is 4.27. The lowest BCUT2D eigenvalue weighted by molar-refractivity contribution is -0.129. The lowest BCUT2D eigenvalue weighted by Gasteiger charge is -1.95. The number of ether oxygens (including phenoxy) is 1. The number of cyclic esters (lactones) is 1. The van der Waals surface area contributed by atoms with Gasteiger partial charge in [-0.05, 0) is 29.8 Å². The van der Waals surface area contributed by atoms with Crippen molar-refractivity contribution in [3.8, 4) is 0 Å². The number of benzene rings is 2. The number of rotatable bonds is 2. The van der Waals surface area contributed by atoms with E-state index in [4.69, 9.17) is 16.3 Å². The van der Waals surface area contributed by atoms with Gasteiger partial charge in [0.25, 0.3) is 0 Å². The third-order valence-electron chi connectivity index (χ3n) is 3.50. The van der Waals surface area contributed by atoms with Gasteiger partial charge in [0.2, 0.25) is 5.90 Å². The lowest BCUT2D eigenvalue weighted by Crippen LogP contribution is -2.04. The first-order chi connectivity index (χ1) is 11.6. The number of hydrogen-bond donors (Lipinski definition) is 0. The summed E-state index contributed by atoms with van der Waals surface area (Å²) >= 11 is 11.3. The van der Waals surface area contributed by atoms with Crippen LogP contribution >= 0.6 is 38.9 Å². The van der Waals surface area contributed by atoms with Gasteiger partial charge in [0.05, 0.1) is 5.02 Å². The second-order valence-corrected chi connectivity index (χ2v) is 7.48. The minimum atomic E-state index is -0.474. The molecule has 0 saturated heterocycles. The zero-order valence-corrected chi connectivity index (χ0v) is 15.3. The highest BCUT2D eigenvalue weighted by Crippen LogP contribution is 2.37. The Morgan fingerprint density at radius 1 is 1.17 bits per heavy atom. The molecule has 6 heteroatoms. The summed E-state index contributed by atoms with van der Waals surface area (Å²) in [6.07, 6.45) is 1.70. The zero-order valence-electron chi connectivity index (χ0n) is 12.1. The minimum Gasteiger partial charge on any atom is -0.401 e. The predicted molar refractivity (Wildman–Crippen MR) is 102 cm³/mol. The molecule has 1 aliphatic rings. The van der Waals surface area contributed by atoms with E-state index in [0.29, 0.717) is 9.90 Å². The molecular formula is C18H9BrClNO2S. The summed E-state index contributed by atoms with van der Waals surface area (Å²) < 4.78 is 7.29. The molecule has 0 saturated carbocycles. The van der Waals surface area contributed by atoms with Crippen molar-refractivity contribution in [3.05, 3.63) is 74.2 Å². The third kappa shape index (κ3) is 2.79. The van der Waals surface area contributed by atoms with Crippen molar-refractivity contribution in [2.45, 2.75) is 0 Å². The number of aliphatic imine (C=N–C) groups is 1. The Morgan fingerprint density at radius 2 is 2.00 bits per heavy atom. The number of thiophene rings is 1. The molecule has 0 bridgehead atoms. The van der Waals surface area contributed by atoms with Crippen molar-refractivity contribution < 1.29 is 9.53 Å². The highest BCUT2D eigenvalue weighted by atomic mass is 79.9. The van der Waals surface area contributed by atoms with Crippen LogP contribution in [0.25, 0.3) is 16.2 Å². The van der Waals surface area contributed by atoms with Gasteiger partial charge >= 0.3 is 5.97 Å². The number of fused-ring (bicyclic) bond motifs is 1. The van der Waals surface area contributed by atoms with E-state index >= 15 is 0 Å². The summed E-state index contributed by atoms with van der Waals surface area (Å²) in [5, 5.41) is 1.49. The average Bonchev–Trinajstić information content (AvgIpc) is 3.09. The monoisotopic (exact) mass is 417 g/mol. The average molecular weight is 419 g/mol. The molecule has 2 heterocycles. The van der Waals surface area contributed by atoms with Crippen molar-refractivity contribution in [2.75, 3.05) is 0 Å². The molecule has 0 spiro atoms. The van der Waals surface area contributed by atoms with E-state index < -0.39 is 5.97 Å². The van der Waals surface area contributed by atoms with Crippen molar-refractivity contribution in [1.82, 2.24) is 0 Å². The first-order valence-corrected chi connectivity index (χ1v) is 9.06. The van der Waals surface area contributed by atoms with Crippen molar-refractivity contribution >= 4 is 66.9 Å². The van der Waals surface area contributed by atoms with Gasteiger partial charge in [0.1, 0.15) is 4.88 Å². The van der Waals surface area contributed by atoms with E-state index in [9.17, 15) is 4.79 Å². The van der Waals surface area contributed by atoms with Crippen LogP contribution in [-0.4, -0.2) is 11.9 Å².